The van der Waals surface area contributed by atoms with Gasteiger partial charge in [-0.1, -0.05) is 112 Å². The lowest BCUT2D eigenvalue weighted by atomic mass is 9.68. The minimum absolute atomic E-state index is 0.299. The molecule has 0 heterocycles. The van der Waals surface area contributed by atoms with E-state index in [1.165, 1.54) is 66.8 Å². The Bertz CT molecular complexity index is 1350. The van der Waals surface area contributed by atoms with Crippen LogP contribution in [0.3, 0.4) is 0 Å². The average molecular weight is 473 g/mol. The molecule has 2 unspecified atom stereocenters. The van der Waals surface area contributed by atoms with Crippen LogP contribution in [0, 0.1) is 5.92 Å². The molecular formula is C36H40. The van der Waals surface area contributed by atoms with Gasteiger partial charge in [0.1, 0.15) is 0 Å². The largest absolute Gasteiger partial charge is 0.0955 e. The van der Waals surface area contributed by atoms with Crippen molar-refractivity contribution in [1.29, 1.82) is 0 Å². The fourth-order valence-electron chi connectivity index (χ4n) is 6.73. The van der Waals surface area contributed by atoms with Crippen LogP contribution < -0.4 is 0 Å². The summed E-state index contributed by atoms with van der Waals surface area (Å²) in [6.45, 7) is 18.5. The van der Waals surface area contributed by atoms with E-state index in [0.29, 0.717) is 11.8 Å². The summed E-state index contributed by atoms with van der Waals surface area (Å²) in [7, 11) is 0. The van der Waals surface area contributed by atoms with Crippen LogP contribution in [0.4, 0.5) is 0 Å². The molecule has 0 saturated heterocycles. The number of hydrogen-bond donors (Lipinski definition) is 0. The average Bonchev–Trinajstić information content (AvgIpc) is 3.43. The summed E-state index contributed by atoms with van der Waals surface area (Å²) < 4.78 is 0. The molecule has 2 atom stereocenters. The Labute approximate surface area is 218 Å². The Morgan fingerprint density at radius 3 is 2.58 bits per heavy atom. The molecule has 184 valence electrons. The maximum atomic E-state index is 4.76. The summed E-state index contributed by atoms with van der Waals surface area (Å²) in [5, 5.41) is 0. The van der Waals surface area contributed by atoms with E-state index in [1.54, 1.807) is 0 Å². The van der Waals surface area contributed by atoms with Crippen molar-refractivity contribution in [2.24, 2.45) is 5.92 Å². The van der Waals surface area contributed by atoms with Crippen LogP contribution in [0.5, 0.6) is 0 Å². The molecule has 2 aromatic carbocycles. The van der Waals surface area contributed by atoms with Crippen molar-refractivity contribution in [3.63, 3.8) is 0 Å². The SMILES string of the molecule is C=C(CCC)C1=C(C)C=C2CC(=CC3=CCc4ccccc43)C(=C)C2C1c1ccc(CC)cc1CC. The minimum atomic E-state index is 0.299. The van der Waals surface area contributed by atoms with E-state index in [2.05, 4.69) is 95.0 Å². The van der Waals surface area contributed by atoms with Gasteiger partial charge in [0.15, 0.2) is 0 Å². The topological polar surface area (TPSA) is 0 Å². The van der Waals surface area contributed by atoms with Crippen LogP contribution in [0.1, 0.15) is 80.7 Å². The molecule has 0 amide bonds. The fourth-order valence-corrected chi connectivity index (χ4v) is 6.73. The number of allylic oxidation sites excluding steroid dienone is 10. The van der Waals surface area contributed by atoms with Crippen LogP contribution in [-0.2, 0) is 19.3 Å². The van der Waals surface area contributed by atoms with Crippen molar-refractivity contribution in [3.05, 3.63) is 135 Å². The minimum Gasteiger partial charge on any atom is -0.0955 e. The van der Waals surface area contributed by atoms with Crippen LogP contribution in [0.25, 0.3) is 5.57 Å². The first-order valence-corrected chi connectivity index (χ1v) is 13.9. The van der Waals surface area contributed by atoms with E-state index in [9.17, 15) is 0 Å². The summed E-state index contributed by atoms with van der Waals surface area (Å²) in [6.07, 6.45) is 13.6. The van der Waals surface area contributed by atoms with Crippen LogP contribution in [0.15, 0.2) is 107 Å². The third-order valence-corrected chi connectivity index (χ3v) is 8.52. The zero-order chi connectivity index (χ0) is 25.4. The highest BCUT2D eigenvalue weighted by Gasteiger charge is 2.41. The van der Waals surface area contributed by atoms with Gasteiger partial charge in [-0.05, 0) is 94.7 Å². The van der Waals surface area contributed by atoms with Crippen molar-refractivity contribution < 1.29 is 0 Å². The highest BCUT2D eigenvalue weighted by atomic mass is 14.4. The second-order valence-corrected chi connectivity index (χ2v) is 10.8. The van der Waals surface area contributed by atoms with E-state index < -0.39 is 0 Å². The number of rotatable bonds is 7. The first-order chi connectivity index (χ1) is 17.5. The van der Waals surface area contributed by atoms with Crippen LogP contribution >= 0.6 is 0 Å². The van der Waals surface area contributed by atoms with Gasteiger partial charge in [0.2, 0.25) is 0 Å². The van der Waals surface area contributed by atoms with Crippen LogP contribution in [-0.4, -0.2) is 0 Å². The van der Waals surface area contributed by atoms with Gasteiger partial charge in [0.25, 0.3) is 0 Å². The first kappa shape index (κ1) is 24.6. The third-order valence-electron chi connectivity index (χ3n) is 8.52. The van der Waals surface area contributed by atoms with E-state index >= 15 is 0 Å². The Balaban J connectivity index is 1.61. The molecule has 0 nitrogen and oxygen atoms in total. The van der Waals surface area contributed by atoms with Crippen molar-refractivity contribution in [3.8, 4) is 0 Å². The molecule has 2 aromatic rings. The Morgan fingerprint density at radius 1 is 1.03 bits per heavy atom. The molecule has 0 N–H and O–H groups in total. The molecule has 3 aliphatic rings. The van der Waals surface area contributed by atoms with Gasteiger partial charge in [-0.2, -0.15) is 0 Å². The smallest absolute Gasteiger partial charge is 0.0203 e. The normalized spacial score (nSPS) is 22.0. The molecule has 3 aliphatic carbocycles. The highest BCUT2D eigenvalue weighted by molar-refractivity contribution is 5.82. The fraction of sp³-hybridized carbons (Fsp3) is 0.333. The zero-order valence-corrected chi connectivity index (χ0v) is 22.6. The predicted octanol–water partition coefficient (Wildman–Crippen LogP) is 9.65. The summed E-state index contributed by atoms with van der Waals surface area (Å²) in [5.74, 6) is 0.617. The van der Waals surface area contributed by atoms with Gasteiger partial charge < -0.3 is 0 Å². The van der Waals surface area contributed by atoms with E-state index in [1.807, 2.05) is 0 Å². The van der Waals surface area contributed by atoms with Gasteiger partial charge >= 0.3 is 0 Å². The number of fused-ring (bicyclic) bond motifs is 2. The summed E-state index contributed by atoms with van der Waals surface area (Å²) >= 11 is 0. The third kappa shape index (κ3) is 4.21. The second kappa shape index (κ2) is 10.1. The first-order valence-electron chi connectivity index (χ1n) is 13.9. The van der Waals surface area contributed by atoms with Crippen molar-refractivity contribution in [1.82, 2.24) is 0 Å². The molecule has 0 heteroatoms. The molecular weight excluding hydrogens is 432 g/mol. The summed E-state index contributed by atoms with van der Waals surface area (Å²) in [5.41, 5.74) is 16.9. The van der Waals surface area contributed by atoms with Gasteiger partial charge in [-0.25, -0.2) is 0 Å². The van der Waals surface area contributed by atoms with E-state index in [0.717, 1.165) is 38.5 Å². The summed E-state index contributed by atoms with van der Waals surface area (Å²) in [6, 6.07) is 16.0. The van der Waals surface area contributed by atoms with Crippen molar-refractivity contribution >= 4 is 5.57 Å². The molecule has 0 bridgehead atoms. The van der Waals surface area contributed by atoms with Gasteiger partial charge in [0, 0.05) is 11.8 Å². The molecule has 5 rings (SSSR count). The quantitative estimate of drug-likeness (QED) is 0.376. The number of benzene rings is 2. The predicted molar refractivity (Wildman–Crippen MR) is 156 cm³/mol. The summed E-state index contributed by atoms with van der Waals surface area (Å²) in [4.78, 5) is 0. The molecule has 1 saturated carbocycles. The molecule has 0 spiro atoms. The van der Waals surface area contributed by atoms with Gasteiger partial charge in [0.05, 0.1) is 0 Å². The van der Waals surface area contributed by atoms with E-state index in [-0.39, 0.29) is 0 Å². The Hall–Kier alpha value is -3.12. The second-order valence-electron chi connectivity index (χ2n) is 10.8. The standard InChI is InChI=1S/C36H40/c1-7-12-23(4)34-24(5)19-31-22-30(21-29-17-16-28-13-10-11-14-32(28)29)25(6)35(31)36(34)33-18-15-26(8-2)20-27(33)9-3/h10-11,13-15,17-21,35-36H,4,6-9,12,16,22H2,1-3,5H3. The number of aryl methyl sites for hydroxylation is 2. The maximum absolute atomic E-state index is 4.76. The monoisotopic (exact) mass is 472 g/mol. The molecule has 0 radical (unpaired) electrons. The van der Waals surface area contributed by atoms with E-state index in [4.69, 9.17) is 6.58 Å². The molecule has 36 heavy (non-hydrogen) atoms. The molecule has 0 aliphatic heterocycles. The Kier molecular flexibility index (Phi) is 6.89. The van der Waals surface area contributed by atoms with Gasteiger partial charge in [-0.15, -0.1) is 0 Å². The van der Waals surface area contributed by atoms with Crippen LogP contribution in [0.2, 0.25) is 0 Å². The Morgan fingerprint density at radius 2 is 1.83 bits per heavy atom. The number of hydrogen-bond acceptors (Lipinski definition) is 0. The lowest BCUT2D eigenvalue weighted by Gasteiger charge is -2.36. The lowest BCUT2D eigenvalue weighted by Crippen LogP contribution is -2.22. The highest BCUT2D eigenvalue weighted by Crippen LogP contribution is 2.55. The molecule has 1 fully saturated rings. The maximum Gasteiger partial charge on any atom is 0.0203 e. The van der Waals surface area contributed by atoms with Gasteiger partial charge in [-0.3, -0.25) is 0 Å². The van der Waals surface area contributed by atoms with Crippen molar-refractivity contribution in [2.45, 2.75) is 72.1 Å². The van der Waals surface area contributed by atoms with Crippen molar-refractivity contribution in [2.75, 3.05) is 0 Å². The zero-order valence-electron chi connectivity index (χ0n) is 22.6. The lowest BCUT2D eigenvalue weighted by molar-refractivity contribution is 0.614. The molecule has 0 aromatic heterocycles.